The van der Waals surface area contributed by atoms with E-state index < -0.39 is 0 Å². The molecule has 0 saturated carbocycles. The zero-order valence-electron chi connectivity index (χ0n) is 6.04. The van der Waals surface area contributed by atoms with E-state index in [0.717, 1.165) is 17.9 Å². The van der Waals surface area contributed by atoms with Crippen LogP contribution in [0.1, 0.15) is 12.8 Å². The molecular weight excluding hydrogens is 132 g/mol. The third-order valence-corrected chi connectivity index (χ3v) is 1.55. The van der Waals surface area contributed by atoms with Crippen LogP contribution >= 0.6 is 0 Å². The summed E-state index contributed by atoms with van der Waals surface area (Å²) >= 11 is 0. The van der Waals surface area contributed by atoms with Crippen LogP contribution in [0.5, 0.6) is 0 Å². The van der Waals surface area contributed by atoms with Gasteiger partial charge in [0.2, 0.25) is 0 Å². The van der Waals surface area contributed by atoms with Gasteiger partial charge < -0.3 is 4.74 Å². The Labute approximate surface area is 59.9 Å². The first-order valence-corrected chi connectivity index (χ1v) is 3.35. The van der Waals surface area contributed by atoms with Crippen molar-refractivity contribution in [1.82, 2.24) is 5.01 Å². The second kappa shape index (κ2) is 2.98. The first-order chi connectivity index (χ1) is 4.72. The lowest BCUT2D eigenvalue weighted by atomic mass is 10.2. The van der Waals surface area contributed by atoms with Gasteiger partial charge in [0, 0.05) is 13.7 Å². The summed E-state index contributed by atoms with van der Waals surface area (Å²) in [6.45, 7) is 0.685. The van der Waals surface area contributed by atoms with Crippen LogP contribution < -0.4 is 5.84 Å². The van der Waals surface area contributed by atoms with Crippen LogP contribution in [-0.4, -0.2) is 30.7 Å². The molecule has 0 spiro atoms. The van der Waals surface area contributed by atoms with E-state index in [9.17, 15) is 4.79 Å². The van der Waals surface area contributed by atoms with E-state index in [1.165, 1.54) is 7.05 Å². The van der Waals surface area contributed by atoms with Gasteiger partial charge in [0.05, 0.1) is 0 Å². The number of hydrazine groups is 1. The number of carbonyl (C=O) groups excluding carboxylic acids is 1. The zero-order valence-corrected chi connectivity index (χ0v) is 6.04. The highest BCUT2D eigenvalue weighted by atomic mass is 16.5. The van der Waals surface area contributed by atoms with E-state index >= 15 is 0 Å². The van der Waals surface area contributed by atoms with Gasteiger partial charge in [-0.1, -0.05) is 0 Å². The average molecular weight is 144 g/mol. The molecule has 1 saturated heterocycles. The Bertz CT molecular complexity index is 130. The summed E-state index contributed by atoms with van der Waals surface area (Å²) in [6, 6.07) is 0. The number of ether oxygens (including phenoxy) is 1. The molecule has 0 aromatic rings. The summed E-state index contributed by atoms with van der Waals surface area (Å²) in [5.74, 6) is 5.09. The number of hydrogen-bond donors (Lipinski definition) is 1. The molecule has 1 aliphatic heterocycles. The molecule has 4 nitrogen and oxygen atoms in total. The van der Waals surface area contributed by atoms with Crippen molar-refractivity contribution in [3.05, 3.63) is 0 Å². The molecule has 0 bridgehead atoms. The minimum Gasteiger partial charge on any atom is -0.368 e. The SMILES string of the molecule is CN(N)C(=O)[C@H]1CCCO1. The maximum absolute atomic E-state index is 11.0. The molecular formula is C6H12N2O2. The Balaban J connectivity index is 2.40. The zero-order chi connectivity index (χ0) is 7.56. The molecule has 10 heavy (non-hydrogen) atoms. The van der Waals surface area contributed by atoms with E-state index in [4.69, 9.17) is 10.6 Å². The van der Waals surface area contributed by atoms with Gasteiger partial charge in [0.15, 0.2) is 0 Å². The second-order valence-corrected chi connectivity index (χ2v) is 2.45. The Morgan fingerprint density at radius 2 is 2.50 bits per heavy atom. The monoisotopic (exact) mass is 144 g/mol. The van der Waals surface area contributed by atoms with Gasteiger partial charge in [0.25, 0.3) is 5.91 Å². The molecule has 1 heterocycles. The molecule has 1 fully saturated rings. The predicted octanol–water partition coefficient (Wildman–Crippen LogP) is -0.503. The largest absolute Gasteiger partial charge is 0.368 e. The van der Waals surface area contributed by atoms with Gasteiger partial charge in [-0.2, -0.15) is 0 Å². The lowest BCUT2D eigenvalue weighted by molar-refractivity contribution is -0.139. The molecule has 1 amide bonds. The smallest absolute Gasteiger partial charge is 0.265 e. The van der Waals surface area contributed by atoms with E-state index in [2.05, 4.69) is 0 Å². The molecule has 1 aliphatic rings. The van der Waals surface area contributed by atoms with E-state index in [1.807, 2.05) is 0 Å². The van der Waals surface area contributed by atoms with Crippen LogP contribution in [0.15, 0.2) is 0 Å². The molecule has 0 aromatic carbocycles. The normalized spacial score (nSPS) is 24.8. The Morgan fingerprint density at radius 3 is 2.90 bits per heavy atom. The van der Waals surface area contributed by atoms with Gasteiger partial charge in [-0.3, -0.25) is 9.80 Å². The average Bonchev–Trinajstić information content (AvgIpc) is 2.36. The van der Waals surface area contributed by atoms with Gasteiger partial charge in [-0.25, -0.2) is 5.84 Å². The molecule has 4 heteroatoms. The van der Waals surface area contributed by atoms with Gasteiger partial charge in [-0.15, -0.1) is 0 Å². The lowest BCUT2D eigenvalue weighted by Gasteiger charge is -2.14. The number of likely N-dealkylation sites (N-methyl/N-ethyl adjacent to an activating group) is 1. The van der Waals surface area contributed by atoms with Crippen molar-refractivity contribution < 1.29 is 9.53 Å². The van der Waals surface area contributed by atoms with Crippen molar-refractivity contribution in [3.8, 4) is 0 Å². The minimum atomic E-state index is -0.282. The molecule has 2 N–H and O–H groups in total. The number of amides is 1. The Hall–Kier alpha value is -0.610. The fourth-order valence-electron chi connectivity index (χ4n) is 1.000. The van der Waals surface area contributed by atoms with Gasteiger partial charge >= 0.3 is 0 Å². The highest BCUT2D eigenvalue weighted by Crippen LogP contribution is 2.12. The third-order valence-electron chi connectivity index (χ3n) is 1.55. The topological polar surface area (TPSA) is 55.6 Å². The van der Waals surface area contributed by atoms with Crippen LogP contribution in [0.2, 0.25) is 0 Å². The first kappa shape index (κ1) is 7.50. The summed E-state index contributed by atoms with van der Waals surface area (Å²) in [5.41, 5.74) is 0. The molecule has 58 valence electrons. The van der Waals surface area contributed by atoms with Crippen molar-refractivity contribution in [2.24, 2.45) is 5.84 Å². The van der Waals surface area contributed by atoms with E-state index in [-0.39, 0.29) is 12.0 Å². The number of rotatable bonds is 1. The number of hydrogen-bond acceptors (Lipinski definition) is 3. The highest BCUT2D eigenvalue weighted by molar-refractivity contribution is 5.80. The number of carbonyl (C=O) groups is 1. The fraction of sp³-hybridized carbons (Fsp3) is 0.833. The van der Waals surface area contributed by atoms with E-state index in [0.29, 0.717) is 6.61 Å². The third kappa shape index (κ3) is 1.46. The Kier molecular flexibility index (Phi) is 2.24. The molecule has 0 aliphatic carbocycles. The summed E-state index contributed by atoms with van der Waals surface area (Å²) < 4.78 is 5.10. The summed E-state index contributed by atoms with van der Waals surface area (Å²) in [7, 11) is 1.53. The second-order valence-electron chi connectivity index (χ2n) is 2.45. The fourth-order valence-corrected chi connectivity index (χ4v) is 1.000. The van der Waals surface area contributed by atoms with Crippen LogP contribution in [0.25, 0.3) is 0 Å². The lowest BCUT2D eigenvalue weighted by Crippen LogP contribution is -2.40. The number of nitrogens with zero attached hydrogens (tertiary/aromatic N) is 1. The standard InChI is InChI=1S/C6H12N2O2/c1-8(7)6(9)5-3-2-4-10-5/h5H,2-4,7H2,1H3/t5-/m1/s1. The molecule has 1 rings (SSSR count). The molecule has 1 atom stereocenters. The van der Waals surface area contributed by atoms with Crippen molar-refractivity contribution in [2.75, 3.05) is 13.7 Å². The molecule has 0 radical (unpaired) electrons. The van der Waals surface area contributed by atoms with E-state index in [1.54, 1.807) is 0 Å². The number of nitrogens with two attached hydrogens (primary N) is 1. The van der Waals surface area contributed by atoms with Crippen molar-refractivity contribution in [1.29, 1.82) is 0 Å². The van der Waals surface area contributed by atoms with Crippen LogP contribution in [-0.2, 0) is 9.53 Å². The quantitative estimate of drug-likeness (QED) is 0.306. The molecule has 0 aromatic heterocycles. The van der Waals surface area contributed by atoms with Gasteiger partial charge in [-0.05, 0) is 12.8 Å². The van der Waals surface area contributed by atoms with Gasteiger partial charge in [0.1, 0.15) is 6.10 Å². The molecule has 0 unspecified atom stereocenters. The van der Waals surface area contributed by atoms with Crippen molar-refractivity contribution in [2.45, 2.75) is 18.9 Å². The van der Waals surface area contributed by atoms with Crippen LogP contribution in [0, 0.1) is 0 Å². The van der Waals surface area contributed by atoms with Crippen molar-refractivity contribution in [3.63, 3.8) is 0 Å². The summed E-state index contributed by atoms with van der Waals surface area (Å²) in [5, 5.41) is 1.08. The summed E-state index contributed by atoms with van der Waals surface area (Å²) in [6.07, 6.45) is 1.49. The summed E-state index contributed by atoms with van der Waals surface area (Å²) in [4.78, 5) is 11.0. The van der Waals surface area contributed by atoms with Crippen LogP contribution in [0.3, 0.4) is 0 Å². The Morgan fingerprint density at radius 1 is 1.80 bits per heavy atom. The predicted molar refractivity (Wildman–Crippen MR) is 35.9 cm³/mol. The highest BCUT2D eigenvalue weighted by Gasteiger charge is 2.24. The van der Waals surface area contributed by atoms with Crippen LogP contribution in [0.4, 0.5) is 0 Å². The maximum Gasteiger partial charge on any atom is 0.265 e. The maximum atomic E-state index is 11.0. The first-order valence-electron chi connectivity index (χ1n) is 3.35. The van der Waals surface area contributed by atoms with Crippen molar-refractivity contribution >= 4 is 5.91 Å². The minimum absolute atomic E-state index is 0.127.